The second kappa shape index (κ2) is 22.0. The molecule has 0 saturated carbocycles. The summed E-state index contributed by atoms with van der Waals surface area (Å²) in [6, 6.07) is 9.97. The summed E-state index contributed by atoms with van der Waals surface area (Å²) in [6.07, 6.45) is 1.67. The number of allylic oxidation sites excluding steroid dienone is 1. The Bertz CT molecular complexity index is 2110. The van der Waals surface area contributed by atoms with Crippen LogP contribution in [0, 0.1) is 0 Å². The molecular formula is C41H45N5O14. The Kier molecular flexibility index (Phi) is 17.5. The number of nitrogens with zero attached hydrogens (tertiary/aromatic N) is 1. The fraction of sp³-hybridized carbons (Fsp3) is 0.293. The van der Waals surface area contributed by atoms with E-state index in [1.165, 1.54) is 55.6 Å². The number of nitrogens with two attached hydrogens (primary N) is 3. The first kappa shape index (κ1) is 47.8. The standard InChI is InChI=1S/C21H15N3O6.C9H4O5.C8H20N2O3.C3H6/c1-23-19(28)10-3-4-11-13(7-10)18(27)16(17(11)26)24-20(29)12-5-2-9(15(25)8-22)6-14(12)21(24)30;10-7(11)4-1-2-5-6(3-4)9(13)14-8(5)12;1-7(9)5-11-3-4-12-6-8(2)13-10;1-3-2/h2-7,16H,8,22H2,1H3,(H,23,28);1-3H,(H,10,11);7-8H,3-6,9-10H2,1-2H3;3H,1H2,2H3. The number of cyclic esters (lactones) is 2. The average molecular weight is 832 g/mol. The SMILES string of the molecule is C=CC.CC(N)COCCOCC(C)ON.CNC(=O)c1ccc2c(c1)C(=O)C(N1C(=O)c3ccc(C(=O)CN)cc3C1=O)C2=O.O=C(O)c1ccc2c(c1)C(=O)OC2=O. The molecule has 3 amide bonds. The molecule has 0 spiro atoms. The van der Waals surface area contributed by atoms with E-state index in [1.54, 1.807) is 6.08 Å². The van der Waals surface area contributed by atoms with Gasteiger partial charge in [-0.2, -0.15) is 0 Å². The van der Waals surface area contributed by atoms with Gasteiger partial charge in [0.05, 0.1) is 66.9 Å². The summed E-state index contributed by atoms with van der Waals surface area (Å²) >= 11 is 0. The number of ether oxygens (including phenoxy) is 3. The van der Waals surface area contributed by atoms with E-state index in [-0.39, 0.29) is 68.8 Å². The lowest BCUT2D eigenvalue weighted by Gasteiger charge is -2.18. The molecule has 1 aliphatic carbocycles. The van der Waals surface area contributed by atoms with Crippen molar-refractivity contribution in [2.75, 3.05) is 40.0 Å². The summed E-state index contributed by atoms with van der Waals surface area (Å²) in [5, 5.41) is 11.1. The Morgan fingerprint density at radius 3 is 1.88 bits per heavy atom. The number of hydrogen-bond donors (Lipinski definition) is 5. The fourth-order valence-electron chi connectivity index (χ4n) is 5.58. The van der Waals surface area contributed by atoms with Crippen molar-refractivity contribution in [3.8, 4) is 0 Å². The van der Waals surface area contributed by atoms with Gasteiger partial charge in [0.1, 0.15) is 0 Å². The van der Waals surface area contributed by atoms with Gasteiger partial charge in [0.15, 0.2) is 23.4 Å². The first-order chi connectivity index (χ1) is 28.5. The van der Waals surface area contributed by atoms with Crippen molar-refractivity contribution in [3.63, 3.8) is 0 Å². The number of rotatable bonds is 13. The maximum absolute atomic E-state index is 13.0. The van der Waals surface area contributed by atoms with Crippen LogP contribution < -0.4 is 22.7 Å². The molecule has 3 aliphatic rings. The van der Waals surface area contributed by atoms with Crippen molar-refractivity contribution in [1.29, 1.82) is 0 Å². The van der Waals surface area contributed by atoms with Crippen LogP contribution in [-0.4, -0.2) is 121 Å². The van der Waals surface area contributed by atoms with E-state index in [0.717, 1.165) is 6.07 Å². The van der Waals surface area contributed by atoms with Gasteiger partial charge in [-0.15, -0.1) is 6.58 Å². The van der Waals surface area contributed by atoms with Gasteiger partial charge in [0, 0.05) is 35.3 Å². The Morgan fingerprint density at radius 2 is 1.30 bits per heavy atom. The van der Waals surface area contributed by atoms with Crippen LogP contribution in [0.1, 0.15) is 114 Å². The molecule has 19 nitrogen and oxygen atoms in total. The summed E-state index contributed by atoms with van der Waals surface area (Å²) in [7, 11) is 1.42. The van der Waals surface area contributed by atoms with Crippen molar-refractivity contribution in [2.24, 2.45) is 17.4 Å². The molecule has 60 heavy (non-hydrogen) atoms. The molecule has 0 aromatic heterocycles. The molecule has 3 atom stereocenters. The van der Waals surface area contributed by atoms with Gasteiger partial charge >= 0.3 is 17.9 Å². The molecule has 0 bridgehead atoms. The Labute approximate surface area is 343 Å². The molecule has 318 valence electrons. The highest BCUT2D eigenvalue weighted by Crippen LogP contribution is 2.33. The number of benzene rings is 3. The number of carbonyl (C=O) groups excluding carboxylic acids is 8. The van der Waals surface area contributed by atoms with E-state index in [9.17, 15) is 43.2 Å². The minimum atomic E-state index is -1.65. The van der Waals surface area contributed by atoms with Crippen molar-refractivity contribution in [2.45, 2.75) is 39.0 Å². The van der Waals surface area contributed by atoms with E-state index in [2.05, 4.69) is 21.5 Å². The molecule has 6 rings (SSSR count). The van der Waals surface area contributed by atoms with Gasteiger partial charge in [0.25, 0.3) is 17.7 Å². The molecule has 2 aliphatic heterocycles. The number of carboxylic acids is 1. The number of imide groups is 1. The number of aromatic carboxylic acids is 1. The van der Waals surface area contributed by atoms with Crippen LogP contribution in [0.2, 0.25) is 0 Å². The second-order valence-electron chi connectivity index (χ2n) is 13.1. The van der Waals surface area contributed by atoms with E-state index in [4.69, 9.17) is 31.9 Å². The van der Waals surface area contributed by atoms with Crippen LogP contribution in [0.3, 0.4) is 0 Å². The molecule has 3 aromatic rings. The smallest absolute Gasteiger partial charge is 0.346 e. The summed E-state index contributed by atoms with van der Waals surface area (Å²) in [6.45, 7) is 10.9. The number of amides is 3. The first-order valence-electron chi connectivity index (χ1n) is 18.1. The van der Waals surface area contributed by atoms with Crippen molar-refractivity contribution >= 4 is 53.0 Å². The quantitative estimate of drug-likeness (QED) is 0.0312. The van der Waals surface area contributed by atoms with Crippen LogP contribution in [-0.2, 0) is 19.0 Å². The normalized spacial score (nSPS) is 15.4. The number of carboxylic acid groups (broad SMARTS) is 1. The third-order valence-corrected chi connectivity index (χ3v) is 8.45. The highest BCUT2D eigenvalue weighted by molar-refractivity contribution is 6.35. The molecule has 19 heteroatoms. The average Bonchev–Trinajstić information content (AvgIpc) is 3.76. The van der Waals surface area contributed by atoms with Crippen molar-refractivity contribution in [1.82, 2.24) is 10.2 Å². The van der Waals surface area contributed by atoms with Crippen molar-refractivity contribution in [3.05, 3.63) is 117 Å². The molecule has 0 fully saturated rings. The van der Waals surface area contributed by atoms with Gasteiger partial charge < -0.3 is 36.1 Å². The summed E-state index contributed by atoms with van der Waals surface area (Å²) in [5.41, 5.74) is 11.1. The zero-order valence-corrected chi connectivity index (χ0v) is 33.2. The summed E-state index contributed by atoms with van der Waals surface area (Å²) in [4.78, 5) is 113. The molecule has 2 heterocycles. The van der Waals surface area contributed by atoms with E-state index in [0.29, 0.717) is 31.3 Å². The highest BCUT2D eigenvalue weighted by Gasteiger charge is 2.51. The summed E-state index contributed by atoms with van der Waals surface area (Å²) < 4.78 is 14.7. The lowest BCUT2D eigenvalue weighted by Crippen LogP contribution is -2.46. The monoisotopic (exact) mass is 831 g/mol. The predicted molar refractivity (Wildman–Crippen MR) is 212 cm³/mol. The zero-order chi connectivity index (χ0) is 44.8. The molecule has 3 aromatic carbocycles. The lowest BCUT2D eigenvalue weighted by atomic mass is 10.0. The number of ketones is 3. The third-order valence-electron chi connectivity index (χ3n) is 8.45. The topological polar surface area (TPSA) is 304 Å². The van der Waals surface area contributed by atoms with E-state index in [1.807, 2.05) is 20.8 Å². The zero-order valence-electron chi connectivity index (χ0n) is 33.2. The van der Waals surface area contributed by atoms with E-state index < -0.39 is 59.0 Å². The molecule has 0 saturated heterocycles. The molecule has 0 radical (unpaired) electrons. The second-order valence-corrected chi connectivity index (χ2v) is 13.1. The number of hydrogen-bond acceptors (Lipinski definition) is 16. The van der Waals surface area contributed by atoms with Gasteiger partial charge in [-0.3, -0.25) is 38.5 Å². The minimum absolute atomic E-state index is 0.00354. The minimum Gasteiger partial charge on any atom is -0.478 e. The van der Waals surface area contributed by atoms with Gasteiger partial charge in [0.2, 0.25) is 0 Å². The van der Waals surface area contributed by atoms with Crippen LogP contribution in [0.15, 0.2) is 67.3 Å². The number of fused-ring (bicyclic) bond motifs is 3. The van der Waals surface area contributed by atoms with Gasteiger partial charge in [-0.25, -0.2) is 20.3 Å². The highest BCUT2D eigenvalue weighted by atomic mass is 16.6. The molecule has 3 unspecified atom stereocenters. The van der Waals surface area contributed by atoms with Crippen LogP contribution in [0.5, 0.6) is 0 Å². The van der Waals surface area contributed by atoms with Crippen LogP contribution in [0.4, 0.5) is 0 Å². The Balaban J connectivity index is 0.000000266. The van der Waals surface area contributed by atoms with Crippen molar-refractivity contribution < 1.29 is 67.3 Å². The number of Topliss-reactive ketones (excluding diaryl/α,β-unsaturated/α-hetero) is 3. The molecular weight excluding hydrogens is 786 g/mol. The first-order valence-corrected chi connectivity index (χ1v) is 18.1. The van der Waals surface area contributed by atoms with E-state index >= 15 is 0 Å². The molecule has 8 N–H and O–H groups in total. The van der Waals surface area contributed by atoms with Gasteiger partial charge in [-0.1, -0.05) is 12.1 Å². The third kappa shape index (κ3) is 11.3. The maximum Gasteiger partial charge on any atom is 0.346 e. The number of nitrogens with one attached hydrogen (secondary N) is 1. The van der Waals surface area contributed by atoms with Crippen LogP contribution in [0.25, 0.3) is 0 Å². The maximum atomic E-state index is 13.0. The van der Waals surface area contributed by atoms with Crippen LogP contribution >= 0.6 is 0 Å². The number of esters is 2. The van der Waals surface area contributed by atoms with Gasteiger partial charge in [-0.05, 0) is 69.3 Å². The summed E-state index contributed by atoms with van der Waals surface area (Å²) in [5.74, 6) is -1.71. The predicted octanol–water partition coefficient (Wildman–Crippen LogP) is 1.76. The fourth-order valence-corrected chi connectivity index (χ4v) is 5.58. The number of carbonyl (C=O) groups is 9. The Hall–Kier alpha value is -6.61. The Morgan fingerprint density at radius 1 is 0.800 bits per heavy atom. The lowest BCUT2D eigenvalue weighted by molar-refractivity contribution is -0.0250. The largest absolute Gasteiger partial charge is 0.478 e.